The molecule has 0 aliphatic carbocycles. The summed E-state index contributed by atoms with van der Waals surface area (Å²) >= 11 is 0. The van der Waals surface area contributed by atoms with Gasteiger partial charge in [-0.1, -0.05) is 44.1 Å². The molecular weight excluding hydrogens is 264 g/mol. The fraction of sp³-hybridized carbons (Fsp3) is 0.800. The first kappa shape index (κ1) is 22.6. The van der Waals surface area contributed by atoms with Gasteiger partial charge in [0.25, 0.3) is 0 Å². The summed E-state index contributed by atoms with van der Waals surface area (Å²) in [6.45, 7) is 2.69. The van der Waals surface area contributed by atoms with Crippen LogP contribution in [0.4, 0.5) is 9.59 Å². The normalized spacial score (nSPS) is 8.53. The Morgan fingerprint density at radius 2 is 1.21 bits per heavy atom. The molecule has 116 valence electrons. The molecule has 0 atom stereocenters. The molecule has 0 fully saturated rings. The molecule has 0 aliphatic heterocycles. The molecule has 0 saturated carbocycles. The van der Waals surface area contributed by atoms with Crippen molar-refractivity contribution in [3.63, 3.8) is 0 Å². The fourth-order valence-corrected chi connectivity index (χ4v) is 0.979. The Balaban J connectivity index is -0.000000264. The van der Waals surface area contributed by atoms with Crippen LogP contribution in [0.25, 0.3) is 0 Å². The van der Waals surface area contributed by atoms with Crippen molar-refractivity contribution in [1.29, 1.82) is 0 Å². The Morgan fingerprint density at radius 1 is 0.842 bits per heavy atom. The molecule has 5 N–H and O–H groups in total. The van der Waals surface area contributed by atoms with Gasteiger partial charge < -0.3 is 20.4 Å². The van der Waals surface area contributed by atoms with E-state index in [2.05, 4.69) is 16.8 Å². The van der Waals surface area contributed by atoms with Gasteiger partial charge in [-0.3, -0.25) is 0 Å². The van der Waals surface area contributed by atoms with Crippen LogP contribution in [0.3, 0.4) is 0 Å². The van der Waals surface area contributed by atoms with E-state index in [1.54, 1.807) is 0 Å². The standard InChI is InChI=1S/C8H18O3.2CH2O3/c1-2-3-4-5-6-7-8-10-11-9;2*2-1(3)4/h9H,2-8H2,1H3;2*(H2,2,3,4). The van der Waals surface area contributed by atoms with Gasteiger partial charge >= 0.3 is 12.3 Å². The van der Waals surface area contributed by atoms with E-state index >= 15 is 0 Å². The molecule has 0 bridgehead atoms. The van der Waals surface area contributed by atoms with E-state index in [0.717, 1.165) is 12.8 Å². The van der Waals surface area contributed by atoms with E-state index < -0.39 is 12.3 Å². The van der Waals surface area contributed by atoms with Crippen LogP contribution >= 0.6 is 0 Å². The molecule has 0 rings (SSSR count). The summed E-state index contributed by atoms with van der Waals surface area (Å²) < 4.78 is 0. The van der Waals surface area contributed by atoms with Gasteiger partial charge in [0.05, 0.1) is 6.61 Å². The number of carbonyl (C=O) groups is 2. The molecule has 19 heavy (non-hydrogen) atoms. The molecule has 0 radical (unpaired) electrons. The van der Waals surface area contributed by atoms with Gasteiger partial charge in [-0.25, -0.2) is 19.7 Å². The lowest BCUT2D eigenvalue weighted by atomic mass is 10.1. The Hall–Kier alpha value is -1.58. The number of rotatable bonds is 8. The van der Waals surface area contributed by atoms with Crippen molar-refractivity contribution in [3.05, 3.63) is 0 Å². The third-order valence-corrected chi connectivity index (χ3v) is 1.63. The molecule has 0 amide bonds. The molecular formula is C10H22O9. The van der Waals surface area contributed by atoms with Crippen molar-refractivity contribution in [2.24, 2.45) is 0 Å². The summed E-state index contributed by atoms with van der Waals surface area (Å²) in [6.07, 6.45) is 3.60. The summed E-state index contributed by atoms with van der Waals surface area (Å²) in [7, 11) is 0. The topological polar surface area (TPSA) is 154 Å². The van der Waals surface area contributed by atoms with Gasteiger partial charge in [0.15, 0.2) is 0 Å². The van der Waals surface area contributed by atoms with Crippen molar-refractivity contribution in [1.82, 2.24) is 0 Å². The highest BCUT2D eigenvalue weighted by atomic mass is 17.5. The summed E-state index contributed by atoms with van der Waals surface area (Å²) in [4.78, 5) is 21.4. The Kier molecular flexibility index (Phi) is 25.8. The van der Waals surface area contributed by atoms with E-state index in [1.807, 2.05) is 0 Å². The number of hydrogen-bond donors (Lipinski definition) is 5. The van der Waals surface area contributed by atoms with Crippen LogP contribution in [-0.2, 0) is 9.93 Å². The van der Waals surface area contributed by atoms with Crippen LogP contribution in [0.15, 0.2) is 0 Å². The lowest BCUT2D eigenvalue weighted by Gasteiger charge is -1.98. The maximum Gasteiger partial charge on any atom is 0.503 e. The highest BCUT2D eigenvalue weighted by Crippen LogP contribution is 2.04. The SMILES string of the molecule is CCCCCCCCOOO.O=C(O)O.O=C(O)O. The zero-order valence-corrected chi connectivity index (χ0v) is 10.8. The van der Waals surface area contributed by atoms with Crippen LogP contribution in [0.5, 0.6) is 0 Å². The molecule has 0 aromatic carbocycles. The second-order valence-electron chi connectivity index (χ2n) is 3.23. The molecule has 9 nitrogen and oxygen atoms in total. The molecule has 9 heteroatoms. The Labute approximate surface area is 110 Å². The highest BCUT2D eigenvalue weighted by molar-refractivity contribution is 5.53. The van der Waals surface area contributed by atoms with Crippen molar-refractivity contribution < 1.29 is 45.2 Å². The van der Waals surface area contributed by atoms with Crippen LogP contribution in [0, 0.1) is 0 Å². The molecule has 0 heterocycles. The zero-order valence-electron chi connectivity index (χ0n) is 10.8. The minimum Gasteiger partial charge on any atom is -0.450 e. The summed E-state index contributed by atoms with van der Waals surface area (Å²) in [6, 6.07) is 0. The van der Waals surface area contributed by atoms with Crippen molar-refractivity contribution in [3.8, 4) is 0 Å². The minimum atomic E-state index is -1.83. The smallest absolute Gasteiger partial charge is 0.450 e. The van der Waals surface area contributed by atoms with E-state index in [-0.39, 0.29) is 0 Å². The first-order chi connectivity index (χ1) is 8.88. The van der Waals surface area contributed by atoms with Gasteiger partial charge in [-0.15, -0.1) is 0 Å². The Bertz CT molecular complexity index is 167. The molecule has 0 aliphatic rings. The zero-order chi connectivity index (χ0) is 15.5. The average molecular weight is 286 g/mol. The summed E-state index contributed by atoms with van der Waals surface area (Å²) in [5.74, 6) is 0. The number of unbranched alkanes of at least 4 members (excludes halogenated alkanes) is 5. The largest absolute Gasteiger partial charge is 0.503 e. The quantitative estimate of drug-likeness (QED) is 0.257. The average Bonchev–Trinajstić information content (AvgIpc) is 2.26. The van der Waals surface area contributed by atoms with E-state index in [4.69, 9.17) is 35.3 Å². The van der Waals surface area contributed by atoms with Gasteiger partial charge in [-0.05, 0) is 6.42 Å². The first-order valence-electron chi connectivity index (χ1n) is 5.65. The molecule has 0 aromatic heterocycles. The summed E-state index contributed by atoms with van der Waals surface area (Å²) in [5.41, 5.74) is 0. The van der Waals surface area contributed by atoms with Crippen molar-refractivity contribution in [2.75, 3.05) is 6.61 Å². The second kappa shape index (κ2) is 21.7. The lowest BCUT2D eigenvalue weighted by molar-refractivity contribution is -0.490. The van der Waals surface area contributed by atoms with Crippen LogP contribution in [-0.4, -0.2) is 44.6 Å². The number of hydrogen-bond acceptors (Lipinski definition) is 5. The number of carboxylic acid groups (broad SMARTS) is 4. The third kappa shape index (κ3) is 82.8. The lowest BCUT2D eigenvalue weighted by Crippen LogP contribution is -1.92. The Morgan fingerprint density at radius 3 is 1.58 bits per heavy atom. The fourth-order valence-electron chi connectivity index (χ4n) is 0.979. The predicted molar refractivity (Wildman–Crippen MR) is 64.3 cm³/mol. The van der Waals surface area contributed by atoms with Crippen LogP contribution in [0.1, 0.15) is 45.4 Å². The highest BCUT2D eigenvalue weighted by Gasteiger charge is 1.89. The maximum atomic E-state index is 8.56. The molecule has 0 aromatic rings. The third-order valence-electron chi connectivity index (χ3n) is 1.63. The second-order valence-corrected chi connectivity index (χ2v) is 3.23. The van der Waals surface area contributed by atoms with Gasteiger partial charge in [0.1, 0.15) is 0 Å². The van der Waals surface area contributed by atoms with Crippen molar-refractivity contribution in [2.45, 2.75) is 45.4 Å². The maximum absolute atomic E-state index is 8.56. The van der Waals surface area contributed by atoms with E-state index in [9.17, 15) is 0 Å². The molecule has 0 spiro atoms. The monoisotopic (exact) mass is 286 g/mol. The van der Waals surface area contributed by atoms with Crippen LogP contribution < -0.4 is 0 Å². The molecule has 0 saturated heterocycles. The molecule has 0 unspecified atom stereocenters. The first-order valence-corrected chi connectivity index (χ1v) is 5.65. The minimum absolute atomic E-state index is 0.489. The van der Waals surface area contributed by atoms with E-state index in [1.165, 1.54) is 25.7 Å². The van der Waals surface area contributed by atoms with Gasteiger partial charge in [0, 0.05) is 0 Å². The van der Waals surface area contributed by atoms with E-state index in [0.29, 0.717) is 6.61 Å². The van der Waals surface area contributed by atoms with Crippen molar-refractivity contribution >= 4 is 12.3 Å². The summed E-state index contributed by atoms with van der Waals surface area (Å²) in [5, 5.41) is 39.1. The predicted octanol–water partition coefficient (Wildman–Crippen LogP) is 3.21. The van der Waals surface area contributed by atoms with Gasteiger partial charge in [-0.2, -0.15) is 0 Å². The van der Waals surface area contributed by atoms with Gasteiger partial charge in [0.2, 0.25) is 0 Å². The van der Waals surface area contributed by atoms with Crippen LogP contribution in [0.2, 0.25) is 0 Å².